The third-order valence-electron chi connectivity index (χ3n) is 5.73. The number of para-hydroxylation sites is 1. The van der Waals surface area contributed by atoms with E-state index in [1.54, 1.807) is 32.2 Å². The molecule has 0 aromatic heterocycles. The van der Waals surface area contributed by atoms with Gasteiger partial charge in [0.2, 0.25) is 5.91 Å². The maximum Gasteiger partial charge on any atom is 0.255 e. The van der Waals surface area contributed by atoms with E-state index < -0.39 is 24.1 Å². The van der Waals surface area contributed by atoms with Crippen molar-refractivity contribution in [3.63, 3.8) is 0 Å². The second-order valence-electron chi connectivity index (χ2n) is 8.76. The number of hydrogen-bond donors (Lipinski definition) is 5. The van der Waals surface area contributed by atoms with Crippen LogP contribution in [-0.4, -0.2) is 68.5 Å². The van der Waals surface area contributed by atoms with Crippen molar-refractivity contribution in [2.45, 2.75) is 58.2 Å². The second kappa shape index (κ2) is 15.6. The molecule has 0 heterocycles. The van der Waals surface area contributed by atoms with Crippen LogP contribution in [0.5, 0.6) is 5.75 Å². The van der Waals surface area contributed by atoms with Gasteiger partial charge in [-0.2, -0.15) is 0 Å². The largest absolute Gasteiger partial charge is 0.493 e. The number of amides is 2. The number of nitrogens with one attached hydrogen (secondary N) is 2. The molecule has 33 heavy (non-hydrogen) atoms. The lowest BCUT2D eigenvalue weighted by atomic mass is 9.87. The van der Waals surface area contributed by atoms with Crippen LogP contribution in [0, 0.1) is 11.8 Å². The molecule has 1 rings (SSSR count). The topological polar surface area (TPSA) is 149 Å². The number of benzene rings is 1. The lowest BCUT2D eigenvalue weighted by Crippen LogP contribution is -2.48. The summed E-state index contributed by atoms with van der Waals surface area (Å²) >= 11 is 0. The predicted octanol–water partition coefficient (Wildman–Crippen LogP) is 1.04. The van der Waals surface area contributed by atoms with Gasteiger partial charge in [0.25, 0.3) is 5.91 Å². The first-order chi connectivity index (χ1) is 15.7. The van der Waals surface area contributed by atoms with Gasteiger partial charge in [0, 0.05) is 32.8 Å². The number of nitrogens with two attached hydrogens (primary N) is 2. The highest BCUT2D eigenvalue weighted by molar-refractivity contribution is 5.96. The number of primary amides is 1. The van der Waals surface area contributed by atoms with Crippen LogP contribution in [0.4, 0.5) is 0 Å². The van der Waals surface area contributed by atoms with Crippen LogP contribution in [0.1, 0.15) is 50.4 Å². The van der Waals surface area contributed by atoms with Crippen LogP contribution in [0.25, 0.3) is 0 Å². The highest BCUT2D eigenvalue weighted by Gasteiger charge is 2.24. The Hall–Kier alpha value is -2.20. The van der Waals surface area contributed by atoms with Gasteiger partial charge >= 0.3 is 0 Å². The van der Waals surface area contributed by atoms with Crippen molar-refractivity contribution < 1.29 is 24.2 Å². The van der Waals surface area contributed by atoms with Crippen LogP contribution in [0.2, 0.25) is 0 Å². The highest BCUT2D eigenvalue weighted by Crippen LogP contribution is 2.20. The molecule has 1 aromatic rings. The van der Waals surface area contributed by atoms with Gasteiger partial charge in [-0.15, -0.1) is 0 Å². The van der Waals surface area contributed by atoms with Gasteiger partial charge in [0.05, 0.1) is 24.3 Å². The van der Waals surface area contributed by atoms with Gasteiger partial charge < -0.3 is 36.7 Å². The van der Waals surface area contributed by atoms with E-state index in [0.29, 0.717) is 37.5 Å². The van der Waals surface area contributed by atoms with Crippen molar-refractivity contribution in [2.75, 3.05) is 33.4 Å². The summed E-state index contributed by atoms with van der Waals surface area (Å²) in [7, 11) is 1.67. The predicted molar refractivity (Wildman–Crippen MR) is 129 cm³/mol. The third-order valence-corrected chi connectivity index (χ3v) is 5.73. The Morgan fingerprint density at radius 3 is 2.39 bits per heavy atom. The fourth-order valence-corrected chi connectivity index (χ4v) is 3.28. The zero-order chi connectivity index (χ0) is 24.8. The Morgan fingerprint density at radius 1 is 1.09 bits per heavy atom. The zero-order valence-corrected chi connectivity index (χ0v) is 20.4. The lowest BCUT2D eigenvalue weighted by molar-refractivity contribution is -0.119. The van der Waals surface area contributed by atoms with E-state index in [9.17, 15) is 14.7 Å². The molecule has 0 bridgehead atoms. The molecular weight excluding hydrogens is 424 g/mol. The Bertz CT molecular complexity index is 716. The van der Waals surface area contributed by atoms with Crippen LogP contribution < -0.4 is 26.8 Å². The summed E-state index contributed by atoms with van der Waals surface area (Å²) in [6.07, 6.45) is 1.41. The van der Waals surface area contributed by atoms with E-state index in [1.165, 1.54) is 0 Å². The van der Waals surface area contributed by atoms with Gasteiger partial charge in [-0.25, -0.2) is 0 Å². The van der Waals surface area contributed by atoms with E-state index >= 15 is 0 Å². The maximum absolute atomic E-state index is 12.8. The standard InChI is InChI=1S/C24H42N4O5/c1-16(2)18(13-20(25)21(29)15-27-17(3)23(26)30)14-28-24(31)19-9-5-6-10-22(19)33-12-8-7-11-32-4/h5-6,9-10,16-18,20-21,27,29H,7-8,11-15,25H2,1-4H3,(H2,26,30)(H,28,31). The number of aliphatic hydroxyl groups is 1. The molecule has 0 saturated heterocycles. The molecule has 0 spiro atoms. The van der Waals surface area contributed by atoms with E-state index in [0.717, 1.165) is 12.8 Å². The maximum atomic E-state index is 12.8. The molecule has 9 heteroatoms. The van der Waals surface area contributed by atoms with Gasteiger partial charge in [-0.05, 0) is 50.2 Å². The van der Waals surface area contributed by atoms with Crippen molar-refractivity contribution in [3.05, 3.63) is 29.8 Å². The summed E-state index contributed by atoms with van der Waals surface area (Å²) in [5, 5.41) is 16.2. The normalized spacial score (nSPS) is 15.0. The van der Waals surface area contributed by atoms with Gasteiger partial charge in [-0.1, -0.05) is 26.0 Å². The fourth-order valence-electron chi connectivity index (χ4n) is 3.28. The number of aliphatic hydroxyl groups excluding tert-OH is 1. The Labute approximate surface area is 197 Å². The van der Waals surface area contributed by atoms with Crippen molar-refractivity contribution in [1.29, 1.82) is 0 Å². The molecule has 0 saturated carbocycles. The fraction of sp³-hybridized carbons (Fsp3) is 0.667. The first-order valence-electron chi connectivity index (χ1n) is 11.6. The van der Waals surface area contributed by atoms with Gasteiger partial charge in [0.15, 0.2) is 0 Å². The molecule has 7 N–H and O–H groups in total. The summed E-state index contributed by atoms with van der Waals surface area (Å²) in [6.45, 7) is 7.52. The number of ether oxygens (including phenoxy) is 2. The molecule has 4 unspecified atom stereocenters. The molecule has 2 amide bonds. The third kappa shape index (κ3) is 11.0. The molecule has 0 fully saturated rings. The van der Waals surface area contributed by atoms with Crippen molar-refractivity contribution >= 4 is 11.8 Å². The first-order valence-corrected chi connectivity index (χ1v) is 11.6. The summed E-state index contributed by atoms with van der Waals surface area (Å²) in [4.78, 5) is 24.0. The molecular formula is C24H42N4O5. The van der Waals surface area contributed by atoms with Gasteiger partial charge in [-0.3, -0.25) is 9.59 Å². The quantitative estimate of drug-likeness (QED) is 0.215. The molecule has 1 aromatic carbocycles. The minimum absolute atomic E-state index is 0.0642. The second-order valence-corrected chi connectivity index (χ2v) is 8.76. The summed E-state index contributed by atoms with van der Waals surface area (Å²) in [5.41, 5.74) is 11.9. The Balaban J connectivity index is 2.61. The highest BCUT2D eigenvalue weighted by atomic mass is 16.5. The van der Waals surface area contributed by atoms with Crippen LogP contribution in [0.15, 0.2) is 24.3 Å². The average Bonchev–Trinajstić information content (AvgIpc) is 2.79. The summed E-state index contributed by atoms with van der Waals surface area (Å²) in [5.74, 6) is 0.162. The van der Waals surface area contributed by atoms with Crippen LogP contribution in [0.3, 0.4) is 0 Å². The monoisotopic (exact) mass is 466 g/mol. The molecule has 4 atom stereocenters. The first kappa shape index (κ1) is 28.8. The van der Waals surface area contributed by atoms with Gasteiger partial charge in [0.1, 0.15) is 5.75 Å². The average molecular weight is 467 g/mol. The SMILES string of the molecule is COCCCCOc1ccccc1C(=O)NCC(CC(N)C(O)CNC(C)C(N)=O)C(C)C. The van der Waals surface area contributed by atoms with Crippen molar-refractivity contribution in [3.8, 4) is 5.75 Å². The number of hydrogen-bond acceptors (Lipinski definition) is 7. The minimum Gasteiger partial charge on any atom is -0.493 e. The summed E-state index contributed by atoms with van der Waals surface area (Å²) in [6, 6.07) is 6.12. The lowest BCUT2D eigenvalue weighted by Gasteiger charge is -2.28. The molecule has 0 aliphatic carbocycles. The molecule has 0 aliphatic rings. The van der Waals surface area contributed by atoms with Crippen LogP contribution in [-0.2, 0) is 9.53 Å². The smallest absolute Gasteiger partial charge is 0.255 e. The molecule has 9 nitrogen and oxygen atoms in total. The van der Waals surface area contributed by atoms with E-state index in [4.69, 9.17) is 20.9 Å². The number of carbonyl (C=O) groups excluding carboxylic acids is 2. The Morgan fingerprint density at radius 2 is 1.76 bits per heavy atom. The van der Waals surface area contributed by atoms with Crippen molar-refractivity contribution in [2.24, 2.45) is 23.3 Å². The van der Waals surface area contributed by atoms with E-state index in [2.05, 4.69) is 24.5 Å². The number of unbranched alkanes of at least 4 members (excludes halogenated alkanes) is 1. The van der Waals surface area contributed by atoms with E-state index in [-0.39, 0.29) is 24.3 Å². The number of carbonyl (C=O) groups is 2. The van der Waals surface area contributed by atoms with Crippen LogP contribution >= 0.6 is 0 Å². The number of rotatable bonds is 17. The molecule has 0 radical (unpaired) electrons. The zero-order valence-electron chi connectivity index (χ0n) is 20.4. The Kier molecular flexibility index (Phi) is 13.6. The van der Waals surface area contributed by atoms with E-state index in [1.807, 2.05) is 6.07 Å². The minimum atomic E-state index is -0.837. The molecule has 0 aliphatic heterocycles. The summed E-state index contributed by atoms with van der Waals surface area (Å²) < 4.78 is 10.8. The van der Waals surface area contributed by atoms with Crippen molar-refractivity contribution in [1.82, 2.24) is 10.6 Å². The molecule has 188 valence electrons. The number of methoxy groups -OCH3 is 1.